The first-order chi connectivity index (χ1) is 9.86. The summed E-state index contributed by atoms with van der Waals surface area (Å²) in [7, 11) is 0. The second kappa shape index (κ2) is 6.79. The summed E-state index contributed by atoms with van der Waals surface area (Å²) in [5.41, 5.74) is 0. The zero-order chi connectivity index (χ0) is 15.7. The van der Waals surface area contributed by atoms with Gasteiger partial charge in [0.2, 0.25) is 0 Å². The molecule has 0 saturated carbocycles. The van der Waals surface area contributed by atoms with Gasteiger partial charge in [-0.3, -0.25) is 0 Å². The van der Waals surface area contributed by atoms with Crippen molar-refractivity contribution in [3.8, 4) is 0 Å². The topological polar surface area (TPSA) is 169 Å². The zero-order valence-corrected chi connectivity index (χ0v) is 11.0. The second-order valence-electron chi connectivity index (χ2n) is 5.08. The molecule has 0 bridgehead atoms. The average molecular weight is 312 g/mol. The zero-order valence-electron chi connectivity index (χ0n) is 11.0. The molecule has 0 amide bonds. The summed E-state index contributed by atoms with van der Waals surface area (Å²) in [5.74, 6) is 0. The van der Waals surface area contributed by atoms with E-state index in [9.17, 15) is 30.6 Å². The van der Waals surface area contributed by atoms with Crippen molar-refractivity contribution in [1.82, 2.24) is 0 Å². The van der Waals surface area contributed by atoms with Gasteiger partial charge in [0.25, 0.3) is 0 Å². The minimum Gasteiger partial charge on any atom is -0.394 e. The van der Waals surface area contributed by atoms with E-state index in [1.54, 1.807) is 0 Å². The van der Waals surface area contributed by atoms with Gasteiger partial charge in [0.1, 0.15) is 42.7 Å². The summed E-state index contributed by atoms with van der Waals surface area (Å²) in [4.78, 5) is 0. The Balaban J connectivity index is 1.90. The summed E-state index contributed by atoms with van der Waals surface area (Å²) in [6, 6.07) is 0. The number of hydrogen-bond donors (Lipinski definition) is 7. The Morgan fingerprint density at radius 1 is 0.714 bits per heavy atom. The summed E-state index contributed by atoms with van der Waals surface area (Å²) in [6.45, 7) is -0.942. The van der Waals surface area contributed by atoms with Crippen molar-refractivity contribution in [3.63, 3.8) is 0 Å². The molecule has 2 rings (SSSR count). The minimum atomic E-state index is -1.58. The lowest BCUT2D eigenvalue weighted by molar-refractivity contribution is -0.306. The summed E-state index contributed by atoms with van der Waals surface area (Å²) in [5, 5.41) is 66.0. The van der Waals surface area contributed by atoms with Crippen molar-refractivity contribution in [2.45, 2.75) is 55.3 Å². The van der Waals surface area contributed by atoms with Crippen molar-refractivity contribution in [1.29, 1.82) is 0 Å². The predicted octanol–water partition coefficient (Wildman–Crippen LogP) is -4.76. The Morgan fingerprint density at radius 3 is 1.86 bits per heavy atom. The maximum Gasteiger partial charge on any atom is 0.186 e. The van der Waals surface area contributed by atoms with Gasteiger partial charge >= 0.3 is 0 Å². The smallest absolute Gasteiger partial charge is 0.186 e. The molecule has 124 valence electrons. The lowest BCUT2D eigenvalue weighted by Gasteiger charge is -2.39. The van der Waals surface area contributed by atoms with Crippen LogP contribution in [0.2, 0.25) is 0 Å². The van der Waals surface area contributed by atoms with Crippen LogP contribution in [0, 0.1) is 0 Å². The molecule has 2 fully saturated rings. The normalized spacial score (nSPS) is 51.3. The molecule has 7 N–H and O–H groups in total. The van der Waals surface area contributed by atoms with Crippen molar-refractivity contribution >= 4 is 0 Å². The first kappa shape index (κ1) is 17.0. The first-order valence-corrected chi connectivity index (χ1v) is 6.48. The van der Waals surface area contributed by atoms with Crippen LogP contribution in [0.1, 0.15) is 0 Å². The van der Waals surface area contributed by atoms with Crippen molar-refractivity contribution in [2.24, 2.45) is 0 Å². The van der Waals surface area contributed by atoms with E-state index >= 15 is 0 Å². The molecule has 10 nitrogen and oxygen atoms in total. The van der Waals surface area contributed by atoms with E-state index in [1.807, 2.05) is 0 Å². The highest BCUT2D eigenvalue weighted by Crippen LogP contribution is 2.24. The molecule has 0 radical (unpaired) electrons. The molecule has 2 aliphatic heterocycles. The van der Waals surface area contributed by atoms with Gasteiger partial charge < -0.3 is 50.0 Å². The number of ether oxygens (including phenoxy) is 3. The largest absolute Gasteiger partial charge is 0.394 e. The lowest BCUT2D eigenvalue weighted by atomic mass is 9.99. The Kier molecular flexibility index (Phi) is 5.48. The third-order valence-electron chi connectivity index (χ3n) is 3.61. The Bertz CT molecular complexity index is 339. The molecule has 0 aliphatic carbocycles. The quantitative estimate of drug-likeness (QED) is 0.267. The van der Waals surface area contributed by atoms with E-state index in [2.05, 4.69) is 0 Å². The van der Waals surface area contributed by atoms with Gasteiger partial charge in [0.15, 0.2) is 12.6 Å². The number of aliphatic hydroxyl groups excluding tert-OH is 7. The van der Waals surface area contributed by atoms with Crippen molar-refractivity contribution in [3.05, 3.63) is 0 Å². The fraction of sp³-hybridized carbons (Fsp3) is 1.00. The highest BCUT2D eigenvalue weighted by molar-refractivity contribution is 4.90. The van der Waals surface area contributed by atoms with Crippen LogP contribution in [0.4, 0.5) is 0 Å². The predicted molar refractivity (Wildman–Crippen MR) is 62.6 cm³/mol. The van der Waals surface area contributed by atoms with Crippen LogP contribution in [-0.2, 0) is 14.2 Å². The van der Waals surface area contributed by atoms with Gasteiger partial charge in [-0.25, -0.2) is 0 Å². The Hall–Kier alpha value is -0.400. The molecule has 0 spiro atoms. The first-order valence-electron chi connectivity index (χ1n) is 6.48. The van der Waals surface area contributed by atoms with Crippen LogP contribution in [0.15, 0.2) is 0 Å². The second-order valence-corrected chi connectivity index (χ2v) is 5.08. The van der Waals surface area contributed by atoms with E-state index in [0.29, 0.717) is 0 Å². The van der Waals surface area contributed by atoms with E-state index in [1.165, 1.54) is 0 Å². The molecule has 21 heavy (non-hydrogen) atoms. The Morgan fingerprint density at radius 2 is 1.33 bits per heavy atom. The molecule has 0 unspecified atom stereocenters. The van der Waals surface area contributed by atoms with Gasteiger partial charge in [-0.2, -0.15) is 0 Å². The molecule has 2 aliphatic rings. The van der Waals surface area contributed by atoms with Gasteiger partial charge in [-0.05, 0) is 0 Å². The van der Waals surface area contributed by atoms with Gasteiger partial charge in [0, 0.05) is 0 Å². The van der Waals surface area contributed by atoms with Crippen LogP contribution in [0.25, 0.3) is 0 Å². The highest BCUT2D eigenvalue weighted by Gasteiger charge is 2.46. The van der Waals surface area contributed by atoms with Crippen LogP contribution >= 0.6 is 0 Å². The van der Waals surface area contributed by atoms with E-state index in [4.69, 9.17) is 19.3 Å². The van der Waals surface area contributed by atoms with Gasteiger partial charge in [-0.15, -0.1) is 0 Å². The molecule has 2 heterocycles. The fourth-order valence-corrected chi connectivity index (χ4v) is 2.26. The standard InChI is InChI=1S/C11H20O10/c12-1-3-5(13)7(15)9(17)11(21-3)19-2-4-6(14)8(16)10(18)20-4/h3-18H,1-2H2/t3-,4-,5-,6-,7+,8+,9-,10-,11+/m1/s1. The van der Waals surface area contributed by atoms with Crippen LogP contribution in [0.3, 0.4) is 0 Å². The third kappa shape index (κ3) is 3.35. The molecule has 9 atom stereocenters. The summed E-state index contributed by atoms with van der Waals surface area (Å²) in [6.07, 6.45) is -12.6. The number of hydrogen-bond acceptors (Lipinski definition) is 10. The summed E-state index contributed by atoms with van der Waals surface area (Å²) >= 11 is 0. The minimum absolute atomic E-state index is 0.349. The van der Waals surface area contributed by atoms with E-state index in [0.717, 1.165) is 0 Å². The van der Waals surface area contributed by atoms with Crippen LogP contribution in [-0.4, -0.2) is 104 Å². The number of rotatable bonds is 4. The third-order valence-corrected chi connectivity index (χ3v) is 3.61. The molecule has 0 aromatic carbocycles. The highest BCUT2D eigenvalue weighted by atomic mass is 16.7. The maximum absolute atomic E-state index is 9.72. The van der Waals surface area contributed by atoms with Crippen molar-refractivity contribution < 1.29 is 50.0 Å². The molecule has 0 aromatic rings. The lowest BCUT2D eigenvalue weighted by Crippen LogP contribution is -2.59. The fourth-order valence-electron chi connectivity index (χ4n) is 2.26. The average Bonchev–Trinajstić information content (AvgIpc) is 2.71. The molecular weight excluding hydrogens is 292 g/mol. The van der Waals surface area contributed by atoms with Crippen molar-refractivity contribution in [2.75, 3.05) is 13.2 Å². The summed E-state index contributed by atoms with van der Waals surface area (Å²) < 4.78 is 15.1. The molecule has 0 aromatic heterocycles. The molecular formula is C11H20O10. The maximum atomic E-state index is 9.72. The van der Waals surface area contributed by atoms with E-state index < -0.39 is 61.9 Å². The van der Waals surface area contributed by atoms with Crippen LogP contribution < -0.4 is 0 Å². The van der Waals surface area contributed by atoms with E-state index in [-0.39, 0.29) is 6.61 Å². The van der Waals surface area contributed by atoms with Gasteiger partial charge in [-0.1, -0.05) is 0 Å². The Labute approximate surface area is 119 Å². The molecule has 2 saturated heterocycles. The monoisotopic (exact) mass is 312 g/mol. The van der Waals surface area contributed by atoms with Crippen LogP contribution in [0.5, 0.6) is 0 Å². The number of aliphatic hydroxyl groups is 7. The SMILES string of the molecule is OC[C@H]1O[C@H](OC[C@H]2O[C@@H](O)[C@@H](O)[C@@H]2O)[C@H](O)[C@@H](O)[C@@H]1O. The van der Waals surface area contributed by atoms with Gasteiger partial charge in [0.05, 0.1) is 13.2 Å². The molecule has 10 heteroatoms.